The topological polar surface area (TPSA) is 0 Å². The summed E-state index contributed by atoms with van der Waals surface area (Å²) in [6.45, 7) is 6.44. The van der Waals surface area contributed by atoms with Crippen molar-refractivity contribution < 1.29 is 0 Å². The minimum absolute atomic E-state index is 0.568. The Kier molecular flexibility index (Phi) is 4.60. The SMILES string of the molecule is CC=C(C#Cc1ccc(C(C)C)cc1)c1ccsc1. The van der Waals surface area contributed by atoms with E-state index in [4.69, 9.17) is 0 Å². The summed E-state index contributed by atoms with van der Waals surface area (Å²) in [6.07, 6.45) is 2.07. The molecule has 0 saturated carbocycles. The summed E-state index contributed by atoms with van der Waals surface area (Å²) < 4.78 is 0. The molecule has 0 aliphatic heterocycles. The monoisotopic (exact) mass is 266 g/mol. The Morgan fingerprint density at radius 2 is 1.89 bits per heavy atom. The fourth-order valence-corrected chi connectivity index (χ4v) is 2.48. The van der Waals surface area contributed by atoms with Crippen molar-refractivity contribution in [2.45, 2.75) is 26.7 Å². The largest absolute Gasteiger partial charge is 0.152 e. The van der Waals surface area contributed by atoms with E-state index < -0.39 is 0 Å². The molecular weight excluding hydrogens is 248 g/mol. The van der Waals surface area contributed by atoms with Crippen LogP contribution in [0.15, 0.2) is 47.2 Å². The second-order valence-corrected chi connectivity index (χ2v) is 5.52. The van der Waals surface area contributed by atoms with Crippen LogP contribution in [0.3, 0.4) is 0 Å². The predicted molar refractivity (Wildman–Crippen MR) is 85.4 cm³/mol. The third-order valence-electron chi connectivity index (χ3n) is 3.04. The fraction of sp³-hybridized carbons (Fsp3) is 0.222. The van der Waals surface area contributed by atoms with Gasteiger partial charge < -0.3 is 0 Å². The third-order valence-corrected chi connectivity index (χ3v) is 3.72. The first-order chi connectivity index (χ1) is 9.20. The number of hydrogen-bond donors (Lipinski definition) is 0. The Bertz CT molecular complexity index is 602. The number of hydrogen-bond acceptors (Lipinski definition) is 1. The number of benzene rings is 1. The van der Waals surface area contributed by atoms with E-state index in [0.717, 1.165) is 11.1 Å². The first-order valence-corrected chi connectivity index (χ1v) is 7.46. The van der Waals surface area contributed by atoms with E-state index in [1.54, 1.807) is 11.3 Å². The molecule has 0 saturated heterocycles. The van der Waals surface area contributed by atoms with Crippen molar-refractivity contribution in [3.63, 3.8) is 0 Å². The molecule has 0 nitrogen and oxygen atoms in total. The average Bonchev–Trinajstić information content (AvgIpc) is 2.94. The van der Waals surface area contributed by atoms with Crippen molar-refractivity contribution in [1.29, 1.82) is 0 Å². The lowest BCUT2D eigenvalue weighted by Crippen LogP contribution is -1.86. The van der Waals surface area contributed by atoms with E-state index in [2.05, 4.69) is 72.9 Å². The van der Waals surface area contributed by atoms with Crippen LogP contribution in [0.5, 0.6) is 0 Å². The van der Waals surface area contributed by atoms with E-state index in [1.165, 1.54) is 11.1 Å². The van der Waals surface area contributed by atoms with E-state index in [9.17, 15) is 0 Å². The molecule has 2 aromatic rings. The van der Waals surface area contributed by atoms with Gasteiger partial charge in [-0.15, -0.1) is 0 Å². The summed E-state index contributed by atoms with van der Waals surface area (Å²) in [5, 5.41) is 4.21. The smallest absolute Gasteiger partial charge is 0.0287 e. The van der Waals surface area contributed by atoms with Crippen molar-refractivity contribution in [2.24, 2.45) is 0 Å². The maximum absolute atomic E-state index is 3.25. The maximum atomic E-state index is 3.25. The number of rotatable bonds is 2. The second kappa shape index (κ2) is 6.41. The Hall–Kier alpha value is -1.78. The summed E-state index contributed by atoms with van der Waals surface area (Å²) in [7, 11) is 0. The first-order valence-electron chi connectivity index (χ1n) is 6.51. The highest BCUT2D eigenvalue weighted by atomic mass is 32.1. The normalized spacial score (nSPS) is 11.3. The van der Waals surface area contributed by atoms with Crippen LogP contribution in [0, 0.1) is 11.8 Å². The summed E-state index contributed by atoms with van der Waals surface area (Å²) in [4.78, 5) is 0. The Balaban J connectivity index is 2.19. The second-order valence-electron chi connectivity index (χ2n) is 4.74. The van der Waals surface area contributed by atoms with Crippen LogP contribution in [0.4, 0.5) is 0 Å². The molecule has 0 bridgehead atoms. The molecule has 0 unspecified atom stereocenters. The molecule has 96 valence electrons. The first kappa shape index (κ1) is 13.6. The Morgan fingerprint density at radius 1 is 1.16 bits per heavy atom. The van der Waals surface area contributed by atoms with Gasteiger partial charge >= 0.3 is 0 Å². The highest BCUT2D eigenvalue weighted by Gasteiger charge is 1.98. The van der Waals surface area contributed by atoms with Gasteiger partial charge in [0.15, 0.2) is 0 Å². The third kappa shape index (κ3) is 3.59. The van der Waals surface area contributed by atoms with Gasteiger partial charge in [0.2, 0.25) is 0 Å². The van der Waals surface area contributed by atoms with Crippen molar-refractivity contribution >= 4 is 16.9 Å². The molecule has 1 heteroatoms. The van der Waals surface area contributed by atoms with Crippen LogP contribution < -0.4 is 0 Å². The molecule has 1 aromatic carbocycles. The van der Waals surface area contributed by atoms with E-state index in [-0.39, 0.29) is 0 Å². The van der Waals surface area contributed by atoms with Crippen LogP contribution in [0.2, 0.25) is 0 Å². The zero-order valence-corrected chi connectivity index (χ0v) is 12.4. The summed E-state index contributed by atoms with van der Waals surface area (Å²) in [5.74, 6) is 7.06. The molecule has 0 spiro atoms. The zero-order chi connectivity index (χ0) is 13.7. The van der Waals surface area contributed by atoms with Gasteiger partial charge in [-0.3, -0.25) is 0 Å². The van der Waals surface area contributed by atoms with Crippen molar-refractivity contribution in [2.75, 3.05) is 0 Å². The van der Waals surface area contributed by atoms with Gasteiger partial charge in [0, 0.05) is 16.7 Å². The molecular formula is C18H18S. The van der Waals surface area contributed by atoms with Gasteiger partial charge in [-0.2, -0.15) is 11.3 Å². The zero-order valence-electron chi connectivity index (χ0n) is 11.6. The van der Waals surface area contributed by atoms with Crippen LogP contribution in [-0.2, 0) is 0 Å². The van der Waals surface area contributed by atoms with Gasteiger partial charge in [-0.25, -0.2) is 0 Å². The molecule has 1 heterocycles. The lowest BCUT2D eigenvalue weighted by Gasteiger charge is -2.03. The predicted octanol–water partition coefficient (Wildman–Crippen LogP) is 5.33. The van der Waals surface area contributed by atoms with E-state index >= 15 is 0 Å². The molecule has 0 fully saturated rings. The number of allylic oxidation sites excluding steroid dienone is 2. The molecule has 0 amide bonds. The van der Waals surface area contributed by atoms with Crippen LogP contribution >= 0.6 is 11.3 Å². The summed E-state index contributed by atoms with van der Waals surface area (Å²) in [6, 6.07) is 10.6. The summed E-state index contributed by atoms with van der Waals surface area (Å²) in [5.41, 5.74) is 4.72. The van der Waals surface area contributed by atoms with Gasteiger partial charge in [0.25, 0.3) is 0 Å². The molecule has 0 aliphatic rings. The molecule has 0 N–H and O–H groups in total. The quantitative estimate of drug-likeness (QED) is 0.645. The maximum Gasteiger partial charge on any atom is 0.0287 e. The Morgan fingerprint density at radius 3 is 2.42 bits per heavy atom. The fourth-order valence-electron chi connectivity index (χ4n) is 1.82. The summed E-state index contributed by atoms with van der Waals surface area (Å²) >= 11 is 1.70. The molecule has 19 heavy (non-hydrogen) atoms. The molecule has 2 rings (SSSR count). The standard InChI is InChI=1S/C18H18S/c1-4-16(18-11-12-19-13-18)8-5-15-6-9-17(10-7-15)14(2)3/h4,6-7,9-14H,1-3H3. The Labute approximate surface area is 119 Å². The van der Waals surface area contributed by atoms with Crippen LogP contribution in [0.25, 0.3) is 5.57 Å². The van der Waals surface area contributed by atoms with Crippen molar-refractivity contribution in [1.82, 2.24) is 0 Å². The highest BCUT2D eigenvalue weighted by molar-refractivity contribution is 7.08. The van der Waals surface area contributed by atoms with Crippen LogP contribution in [0.1, 0.15) is 43.4 Å². The van der Waals surface area contributed by atoms with Crippen molar-refractivity contribution in [3.8, 4) is 11.8 Å². The molecule has 0 atom stereocenters. The van der Waals surface area contributed by atoms with Crippen molar-refractivity contribution in [3.05, 3.63) is 63.9 Å². The average molecular weight is 266 g/mol. The lowest BCUT2D eigenvalue weighted by atomic mass is 10.0. The van der Waals surface area contributed by atoms with Crippen LogP contribution in [-0.4, -0.2) is 0 Å². The van der Waals surface area contributed by atoms with E-state index in [1.807, 2.05) is 6.92 Å². The highest BCUT2D eigenvalue weighted by Crippen LogP contribution is 2.17. The molecule has 0 aliphatic carbocycles. The van der Waals surface area contributed by atoms with Gasteiger partial charge in [-0.1, -0.05) is 43.9 Å². The lowest BCUT2D eigenvalue weighted by molar-refractivity contribution is 0.866. The molecule has 1 aromatic heterocycles. The minimum atomic E-state index is 0.568. The van der Waals surface area contributed by atoms with Gasteiger partial charge in [-0.05, 0) is 47.4 Å². The minimum Gasteiger partial charge on any atom is -0.152 e. The van der Waals surface area contributed by atoms with E-state index in [0.29, 0.717) is 5.92 Å². The number of thiophene rings is 1. The van der Waals surface area contributed by atoms with Gasteiger partial charge in [0.1, 0.15) is 0 Å². The molecule has 0 radical (unpaired) electrons. The van der Waals surface area contributed by atoms with Gasteiger partial charge in [0.05, 0.1) is 0 Å².